The van der Waals surface area contributed by atoms with Crippen molar-refractivity contribution in [3.8, 4) is 39.9 Å². The molecule has 0 spiro atoms. The molecular formula is C46H33N5S. The Kier molecular flexibility index (Phi) is 7.54. The van der Waals surface area contributed by atoms with Crippen molar-refractivity contribution in [2.45, 2.75) is 25.7 Å². The van der Waals surface area contributed by atoms with Crippen LogP contribution in [0.5, 0.6) is 0 Å². The van der Waals surface area contributed by atoms with Gasteiger partial charge in [0.25, 0.3) is 0 Å². The molecule has 0 saturated carbocycles. The van der Waals surface area contributed by atoms with Gasteiger partial charge in [-0.25, -0.2) is 19.9 Å². The molecule has 0 radical (unpaired) electrons. The van der Waals surface area contributed by atoms with Crippen LogP contribution in [0.1, 0.15) is 41.1 Å². The van der Waals surface area contributed by atoms with Crippen LogP contribution in [0.2, 0.25) is 0 Å². The number of nitrogens with zero attached hydrogens (tertiary/aromatic N) is 5. The first-order valence-corrected chi connectivity index (χ1v) is 18.7. The monoisotopic (exact) mass is 687 g/mol. The minimum Gasteiger partial charge on any atom is -0.310 e. The van der Waals surface area contributed by atoms with Crippen LogP contribution in [0.3, 0.4) is 0 Å². The number of thiazole rings is 1. The molecule has 0 aliphatic heterocycles. The fraction of sp³-hybridized carbons (Fsp3) is 0.0870. The zero-order chi connectivity index (χ0) is 34.4. The number of aryl methyl sites for hydroxylation is 1. The Morgan fingerprint density at radius 1 is 0.577 bits per heavy atom. The van der Waals surface area contributed by atoms with Crippen molar-refractivity contribution < 1.29 is 0 Å². The van der Waals surface area contributed by atoms with Gasteiger partial charge in [0.05, 0.1) is 15.7 Å². The molecule has 2 aliphatic carbocycles. The molecule has 6 heteroatoms. The quantitative estimate of drug-likeness (QED) is 0.175. The molecule has 10 rings (SSSR count). The number of hydrogen-bond acceptors (Lipinski definition) is 5. The predicted octanol–water partition coefficient (Wildman–Crippen LogP) is 11.6. The van der Waals surface area contributed by atoms with Crippen LogP contribution in [-0.4, -0.2) is 24.5 Å². The van der Waals surface area contributed by atoms with Crippen LogP contribution in [0.25, 0.3) is 78.2 Å². The minimum absolute atomic E-state index is 0.654. The zero-order valence-corrected chi connectivity index (χ0v) is 29.2. The summed E-state index contributed by atoms with van der Waals surface area (Å²) in [5.74, 6) is 1.97. The molecule has 0 atom stereocenters. The standard InChI is InChI=1S/C46H33N5S/c1-4-13-30(14-5-1)43-48-44(31-15-6-2-7-16-31)50-45(49-43)34-23-25-39-42(29-34)52-46(47-39)35-18-12-17-32(27-35)33-24-26-41-38(28-33)37-21-10-11-22-40(37)51(41)36-19-8-3-9-20-36/h1-9,11,13-17,19-20,22-29H,10,12,18,21H2. The van der Waals surface area contributed by atoms with Crippen LogP contribution < -0.4 is 0 Å². The van der Waals surface area contributed by atoms with E-state index in [1.165, 1.54) is 44.6 Å². The third kappa shape index (κ3) is 5.49. The Balaban J connectivity index is 1.00. The Morgan fingerprint density at radius 2 is 1.25 bits per heavy atom. The molecule has 52 heavy (non-hydrogen) atoms. The lowest BCUT2D eigenvalue weighted by Gasteiger charge is -2.13. The van der Waals surface area contributed by atoms with Gasteiger partial charge < -0.3 is 4.57 Å². The van der Waals surface area contributed by atoms with Gasteiger partial charge in [0, 0.05) is 33.5 Å². The lowest BCUT2D eigenvalue weighted by Crippen LogP contribution is -1.99. The summed E-state index contributed by atoms with van der Waals surface area (Å²) in [4.78, 5) is 19.9. The second-order valence-electron chi connectivity index (χ2n) is 13.3. The van der Waals surface area contributed by atoms with E-state index in [0.717, 1.165) is 57.6 Å². The van der Waals surface area contributed by atoms with Gasteiger partial charge in [-0.2, -0.15) is 0 Å². The SMILES string of the molecule is C1=Cc2c(c3cc(C4=CCCC(c5nc6ccc(-c7nc(-c8ccccc8)nc(-c8ccccc8)n7)cc6s5)=C4)ccc3n2-c2ccccc2)CC1. The second-order valence-corrected chi connectivity index (χ2v) is 14.3. The molecule has 0 N–H and O–H groups in total. The average Bonchev–Trinajstić information content (AvgIpc) is 3.81. The number of para-hydroxylation sites is 1. The van der Waals surface area contributed by atoms with E-state index in [-0.39, 0.29) is 0 Å². The highest BCUT2D eigenvalue weighted by atomic mass is 32.1. The van der Waals surface area contributed by atoms with E-state index in [2.05, 4.69) is 95.6 Å². The third-order valence-electron chi connectivity index (χ3n) is 10.0. The van der Waals surface area contributed by atoms with Crippen LogP contribution in [0, 0.1) is 0 Å². The maximum atomic E-state index is 5.13. The number of rotatable bonds is 6. The molecule has 0 unspecified atom stereocenters. The topological polar surface area (TPSA) is 56.5 Å². The summed E-state index contributed by atoms with van der Waals surface area (Å²) in [7, 11) is 0. The maximum absolute atomic E-state index is 5.13. The van der Waals surface area contributed by atoms with Gasteiger partial charge in [0.1, 0.15) is 5.01 Å². The Hall–Kier alpha value is -6.24. The number of hydrogen-bond donors (Lipinski definition) is 0. The first kappa shape index (κ1) is 30.6. The van der Waals surface area contributed by atoms with Crippen molar-refractivity contribution in [3.05, 3.63) is 167 Å². The van der Waals surface area contributed by atoms with Crippen molar-refractivity contribution in [2.75, 3.05) is 0 Å². The maximum Gasteiger partial charge on any atom is 0.164 e. The fourth-order valence-electron chi connectivity index (χ4n) is 7.48. The fourth-order valence-corrected chi connectivity index (χ4v) is 8.53. The molecule has 0 amide bonds. The van der Waals surface area contributed by atoms with Gasteiger partial charge in [-0.05, 0) is 103 Å². The molecule has 3 aromatic heterocycles. The zero-order valence-electron chi connectivity index (χ0n) is 28.4. The van der Waals surface area contributed by atoms with Crippen LogP contribution in [0.15, 0.2) is 146 Å². The number of allylic oxidation sites excluding steroid dienone is 5. The highest BCUT2D eigenvalue weighted by Crippen LogP contribution is 2.39. The van der Waals surface area contributed by atoms with E-state index >= 15 is 0 Å². The van der Waals surface area contributed by atoms with E-state index in [0.29, 0.717) is 17.5 Å². The summed E-state index contributed by atoms with van der Waals surface area (Å²) in [6.45, 7) is 0. The van der Waals surface area contributed by atoms with Gasteiger partial charge in [0.2, 0.25) is 0 Å². The molecule has 0 fully saturated rings. The molecule has 0 bridgehead atoms. The molecule has 0 saturated heterocycles. The number of fused-ring (bicyclic) bond motifs is 4. The summed E-state index contributed by atoms with van der Waals surface area (Å²) < 4.78 is 3.54. The normalized spacial score (nSPS) is 14.0. The van der Waals surface area contributed by atoms with Gasteiger partial charge in [-0.15, -0.1) is 11.3 Å². The first-order valence-electron chi connectivity index (χ1n) is 17.8. The van der Waals surface area contributed by atoms with Gasteiger partial charge in [0.15, 0.2) is 17.5 Å². The molecule has 8 aromatic rings. The number of aromatic nitrogens is 5. The van der Waals surface area contributed by atoms with E-state index in [1.807, 2.05) is 60.7 Å². The van der Waals surface area contributed by atoms with E-state index < -0.39 is 0 Å². The van der Waals surface area contributed by atoms with Crippen molar-refractivity contribution in [3.63, 3.8) is 0 Å². The molecule has 5 aromatic carbocycles. The van der Waals surface area contributed by atoms with Crippen molar-refractivity contribution in [2.24, 2.45) is 0 Å². The lowest BCUT2D eigenvalue weighted by molar-refractivity contribution is 0.967. The summed E-state index contributed by atoms with van der Waals surface area (Å²) in [5, 5.41) is 2.42. The summed E-state index contributed by atoms with van der Waals surface area (Å²) >= 11 is 1.74. The van der Waals surface area contributed by atoms with E-state index in [9.17, 15) is 0 Å². The van der Waals surface area contributed by atoms with Crippen molar-refractivity contribution >= 4 is 49.7 Å². The number of benzene rings is 5. The van der Waals surface area contributed by atoms with Crippen LogP contribution >= 0.6 is 11.3 Å². The summed E-state index contributed by atoms with van der Waals surface area (Å²) in [6, 6.07) is 44.3. The summed E-state index contributed by atoms with van der Waals surface area (Å²) in [6.07, 6.45) is 13.4. The van der Waals surface area contributed by atoms with E-state index in [4.69, 9.17) is 19.9 Å². The van der Waals surface area contributed by atoms with Crippen molar-refractivity contribution in [1.29, 1.82) is 0 Å². The lowest BCUT2D eigenvalue weighted by atomic mass is 9.93. The molecule has 2 aliphatic rings. The molecular weight excluding hydrogens is 655 g/mol. The summed E-state index contributed by atoms with van der Waals surface area (Å²) in [5.41, 5.74) is 12.9. The Bertz CT molecular complexity index is 2660. The van der Waals surface area contributed by atoms with Gasteiger partial charge >= 0.3 is 0 Å². The second kappa shape index (κ2) is 12.8. The minimum atomic E-state index is 0.654. The Labute approximate surface area is 306 Å². The molecule has 248 valence electrons. The third-order valence-corrected chi connectivity index (χ3v) is 11.1. The van der Waals surface area contributed by atoms with Crippen molar-refractivity contribution in [1.82, 2.24) is 24.5 Å². The highest BCUT2D eigenvalue weighted by Gasteiger charge is 2.21. The average molecular weight is 688 g/mol. The van der Waals surface area contributed by atoms with Crippen LogP contribution in [-0.2, 0) is 6.42 Å². The largest absolute Gasteiger partial charge is 0.310 e. The Morgan fingerprint density at radius 3 is 1.98 bits per heavy atom. The van der Waals surface area contributed by atoms with E-state index in [1.54, 1.807) is 11.3 Å². The smallest absolute Gasteiger partial charge is 0.164 e. The molecule has 5 nitrogen and oxygen atoms in total. The van der Waals surface area contributed by atoms with Gasteiger partial charge in [-0.3, -0.25) is 0 Å². The van der Waals surface area contributed by atoms with Gasteiger partial charge in [-0.1, -0.05) is 97.1 Å². The first-order chi connectivity index (χ1) is 25.7. The highest BCUT2D eigenvalue weighted by molar-refractivity contribution is 7.19. The predicted molar refractivity (Wildman–Crippen MR) is 215 cm³/mol. The molecule has 3 heterocycles. The van der Waals surface area contributed by atoms with Crippen LogP contribution in [0.4, 0.5) is 0 Å².